The summed E-state index contributed by atoms with van der Waals surface area (Å²) in [5.41, 5.74) is 6.13. The molecule has 2 heterocycles. The first-order chi connectivity index (χ1) is 6.16. The van der Waals surface area contributed by atoms with E-state index in [-0.39, 0.29) is 17.6 Å². The van der Waals surface area contributed by atoms with Gasteiger partial charge in [0.25, 0.3) is 5.56 Å². The van der Waals surface area contributed by atoms with Crippen molar-refractivity contribution in [2.45, 2.75) is 19.6 Å². The number of ether oxygens (including phenoxy) is 1. The lowest BCUT2D eigenvalue weighted by Crippen LogP contribution is -2.26. The second-order valence-electron chi connectivity index (χ2n) is 3.16. The molecule has 1 aliphatic rings. The Labute approximate surface area is 75.1 Å². The minimum Gasteiger partial charge on any atom is -0.371 e. The van der Waals surface area contributed by atoms with Crippen molar-refractivity contribution < 1.29 is 4.74 Å². The van der Waals surface area contributed by atoms with E-state index in [1.54, 1.807) is 6.92 Å². The molecule has 0 saturated carbocycles. The molecule has 70 valence electrons. The third kappa shape index (κ3) is 1.70. The lowest BCUT2D eigenvalue weighted by Gasteiger charge is -2.06. The first-order valence-electron chi connectivity index (χ1n) is 4.12. The van der Waals surface area contributed by atoms with E-state index >= 15 is 0 Å². The molecular weight excluding hydrogens is 170 g/mol. The highest BCUT2D eigenvalue weighted by molar-refractivity contribution is 5.20. The van der Waals surface area contributed by atoms with E-state index in [2.05, 4.69) is 4.98 Å². The number of anilines is 1. The Hall–Kier alpha value is -1.36. The molecule has 1 fully saturated rings. The predicted molar refractivity (Wildman–Crippen MR) is 47.4 cm³/mol. The molecule has 0 spiro atoms. The molecule has 13 heavy (non-hydrogen) atoms. The number of nitrogen functional groups attached to an aromatic ring is 1. The summed E-state index contributed by atoms with van der Waals surface area (Å²) in [7, 11) is 0. The maximum Gasteiger partial charge on any atom is 0.255 e. The first-order valence-corrected chi connectivity index (χ1v) is 4.12. The van der Waals surface area contributed by atoms with Crippen molar-refractivity contribution in [3.63, 3.8) is 0 Å². The van der Waals surface area contributed by atoms with Gasteiger partial charge in [0, 0.05) is 11.8 Å². The molecule has 0 aromatic carbocycles. The summed E-state index contributed by atoms with van der Waals surface area (Å²) in [5.74, 6) is 0.264. The summed E-state index contributed by atoms with van der Waals surface area (Å²) in [6.45, 7) is 2.97. The van der Waals surface area contributed by atoms with E-state index in [0.717, 1.165) is 0 Å². The lowest BCUT2D eigenvalue weighted by atomic mass is 10.4. The fourth-order valence-corrected chi connectivity index (χ4v) is 1.20. The standard InChI is InChI=1S/C8H11N3O2/c1-5-2-7(12)11(8(9)10-5)3-6-4-13-6/h2,6H,3-4H2,1H3,(H2,9,10)/t6-/m1/s1. The lowest BCUT2D eigenvalue weighted by molar-refractivity contribution is 0.380. The normalized spacial score (nSPS) is 20.2. The van der Waals surface area contributed by atoms with Crippen molar-refractivity contribution in [3.8, 4) is 0 Å². The Kier molecular flexibility index (Phi) is 1.81. The van der Waals surface area contributed by atoms with Crippen molar-refractivity contribution in [1.82, 2.24) is 9.55 Å². The van der Waals surface area contributed by atoms with E-state index in [0.29, 0.717) is 18.8 Å². The highest BCUT2D eigenvalue weighted by atomic mass is 16.6. The van der Waals surface area contributed by atoms with Gasteiger partial charge in [-0.3, -0.25) is 9.36 Å². The molecule has 0 bridgehead atoms. The van der Waals surface area contributed by atoms with E-state index in [9.17, 15) is 4.79 Å². The van der Waals surface area contributed by atoms with Crippen LogP contribution in [0.1, 0.15) is 5.69 Å². The average Bonchev–Trinajstić information content (AvgIpc) is 2.79. The average molecular weight is 181 g/mol. The van der Waals surface area contributed by atoms with Crippen LogP contribution in [0.3, 0.4) is 0 Å². The summed E-state index contributed by atoms with van der Waals surface area (Å²) < 4.78 is 6.44. The van der Waals surface area contributed by atoms with Gasteiger partial charge in [-0.15, -0.1) is 0 Å². The molecule has 0 amide bonds. The Bertz CT molecular complexity index is 381. The zero-order chi connectivity index (χ0) is 9.42. The van der Waals surface area contributed by atoms with Gasteiger partial charge in [0.1, 0.15) is 0 Å². The van der Waals surface area contributed by atoms with Crippen molar-refractivity contribution in [2.24, 2.45) is 0 Å². The van der Waals surface area contributed by atoms with Crippen LogP contribution in [-0.2, 0) is 11.3 Å². The van der Waals surface area contributed by atoms with Gasteiger partial charge in [0.05, 0.1) is 19.3 Å². The molecule has 0 aliphatic carbocycles. The number of hydrogen-bond donors (Lipinski definition) is 1. The van der Waals surface area contributed by atoms with Gasteiger partial charge in [0.2, 0.25) is 5.95 Å². The number of nitrogens with two attached hydrogens (primary N) is 1. The fraction of sp³-hybridized carbons (Fsp3) is 0.500. The molecule has 1 aromatic rings. The largest absolute Gasteiger partial charge is 0.371 e. The molecule has 1 aliphatic heterocycles. The van der Waals surface area contributed by atoms with E-state index < -0.39 is 0 Å². The van der Waals surface area contributed by atoms with E-state index in [4.69, 9.17) is 10.5 Å². The van der Waals surface area contributed by atoms with Gasteiger partial charge in [-0.1, -0.05) is 0 Å². The smallest absolute Gasteiger partial charge is 0.255 e. The van der Waals surface area contributed by atoms with Crippen LogP contribution < -0.4 is 11.3 Å². The van der Waals surface area contributed by atoms with Crippen LogP contribution in [0.25, 0.3) is 0 Å². The highest BCUT2D eigenvalue weighted by Crippen LogP contribution is 2.11. The highest BCUT2D eigenvalue weighted by Gasteiger charge is 2.24. The van der Waals surface area contributed by atoms with Crippen LogP contribution in [-0.4, -0.2) is 22.3 Å². The van der Waals surface area contributed by atoms with Crippen molar-refractivity contribution in [1.29, 1.82) is 0 Å². The van der Waals surface area contributed by atoms with Crippen LogP contribution in [0.2, 0.25) is 0 Å². The molecule has 1 aromatic heterocycles. The third-order valence-corrected chi connectivity index (χ3v) is 1.95. The van der Waals surface area contributed by atoms with Crippen molar-refractivity contribution >= 4 is 5.95 Å². The molecule has 5 heteroatoms. The summed E-state index contributed by atoms with van der Waals surface area (Å²) in [5, 5.41) is 0. The number of aromatic nitrogens is 2. The Morgan fingerprint density at radius 3 is 3.08 bits per heavy atom. The summed E-state index contributed by atoms with van der Waals surface area (Å²) in [6.07, 6.45) is 0.143. The molecule has 1 saturated heterocycles. The van der Waals surface area contributed by atoms with Gasteiger partial charge in [0.15, 0.2) is 0 Å². The number of hydrogen-bond acceptors (Lipinski definition) is 4. The van der Waals surface area contributed by atoms with Crippen molar-refractivity contribution in [2.75, 3.05) is 12.3 Å². The number of nitrogens with zero attached hydrogens (tertiary/aromatic N) is 2. The molecule has 0 unspecified atom stereocenters. The summed E-state index contributed by atoms with van der Waals surface area (Å²) >= 11 is 0. The van der Waals surface area contributed by atoms with Crippen LogP contribution in [0.15, 0.2) is 10.9 Å². The van der Waals surface area contributed by atoms with Crippen LogP contribution in [0.5, 0.6) is 0 Å². The first kappa shape index (κ1) is 8.25. The Morgan fingerprint density at radius 2 is 2.54 bits per heavy atom. The van der Waals surface area contributed by atoms with Crippen LogP contribution in [0, 0.1) is 6.92 Å². The number of epoxide rings is 1. The molecular formula is C8H11N3O2. The Morgan fingerprint density at radius 1 is 1.85 bits per heavy atom. The fourth-order valence-electron chi connectivity index (χ4n) is 1.20. The maximum atomic E-state index is 11.4. The molecule has 0 radical (unpaired) electrons. The van der Waals surface area contributed by atoms with Gasteiger partial charge in [-0.05, 0) is 6.92 Å². The van der Waals surface area contributed by atoms with E-state index in [1.807, 2.05) is 0 Å². The van der Waals surface area contributed by atoms with Gasteiger partial charge in [-0.25, -0.2) is 4.98 Å². The van der Waals surface area contributed by atoms with Gasteiger partial charge < -0.3 is 10.5 Å². The van der Waals surface area contributed by atoms with Crippen LogP contribution in [0.4, 0.5) is 5.95 Å². The summed E-state index contributed by atoms with van der Waals surface area (Å²) in [6, 6.07) is 1.47. The SMILES string of the molecule is Cc1cc(=O)n(C[C@@H]2CO2)c(N)n1. The predicted octanol–water partition coefficient (Wildman–Crippen LogP) is -0.467. The zero-order valence-electron chi connectivity index (χ0n) is 7.36. The second kappa shape index (κ2) is 2.85. The zero-order valence-corrected chi connectivity index (χ0v) is 7.36. The molecule has 2 rings (SSSR count). The number of rotatable bonds is 2. The molecule has 1 atom stereocenters. The number of aryl methyl sites for hydroxylation is 1. The third-order valence-electron chi connectivity index (χ3n) is 1.95. The maximum absolute atomic E-state index is 11.4. The summed E-state index contributed by atoms with van der Waals surface area (Å²) in [4.78, 5) is 15.4. The van der Waals surface area contributed by atoms with Crippen LogP contribution >= 0.6 is 0 Å². The van der Waals surface area contributed by atoms with Crippen molar-refractivity contribution in [3.05, 3.63) is 22.1 Å². The molecule has 2 N–H and O–H groups in total. The minimum atomic E-state index is -0.111. The van der Waals surface area contributed by atoms with Gasteiger partial charge >= 0.3 is 0 Å². The monoisotopic (exact) mass is 181 g/mol. The van der Waals surface area contributed by atoms with Gasteiger partial charge in [-0.2, -0.15) is 0 Å². The second-order valence-corrected chi connectivity index (χ2v) is 3.16. The topological polar surface area (TPSA) is 73.4 Å². The molecule has 5 nitrogen and oxygen atoms in total. The quantitative estimate of drug-likeness (QED) is 0.626. The minimum absolute atomic E-state index is 0.111. The Balaban J connectivity index is 2.36. The van der Waals surface area contributed by atoms with E-state index in [1.165, 1.54) is 10.6 Å².